The van der Waals surface area contributed by atoms with E-state index < -0.39 is 11.6 Å². The van der Waals surface area contributed by atoms with Crippen LogP contribution in [0.25, 0.3) is 16.7 Å². The number of carbonyl (C=O) groups excluding carboxylic acids is 1. The van der Waals surface area contributed by atoms with E-state index in [1.165, 1.54) is 4.40 Å². The molecule has 0 atom stereocenters. The van der Waals surface area contributed by atoms with Crippen molar-refractivity contribution in [2.24, 2.45) is 0 Å². The zero-order valence-electron chi connectivity index (χ0n) is 17.2. The second kappa shape index (κ2) is 8.28. The lowest BCUT2D eigenvalue weighted by atomic mass is 10.2. The summed E-state index contributed by atoms with van der Waals surface area (Å²) in [6.07, 6.45) is 0. The van der Waals surface area contributed by atoms with Crippen LogP contribution in [-0.4, -0.2) is 25.1 Å². The predicted octanol–water partition coefficient (Wildman–Crippen LogP) is 3.35. The lowest BCUT2D eigenvalue weighted by Gasteiger charge is -2.07. The van der Waals surface area contributed by atoms with Crippen LogP contribution >= 0.6 is 0 Å². The van der Waals surface area contributed by atoms with Gasteiger partial charge in [0.15, 0.2) is 0 Å². The van der Waals surface area contributed by atoms with Gasteiger partial charge in [-0.3, -0.25) is 4.79 Å². The molecule has 160 valence electrons. The first-order valence-corrected chi connectivity index (χ1v) is 10.0. The number of hydrogen-bond acceptors (Lipinski definition) is 6. The summed E-state index contributed by atoms with van der Waals surface area (Å²) in [5, 5.41) is 16.1. The zero-order valence-corrected chi connectivity index (χ0v) is 17.2. The van der Waals surface area contributed by atoms with Crippen LogP contribution in [0, 0.1) is 11.3 Å². The van der Waals surface area contributed by atoms with E-state index in [4.69, 9.17) is 10.00 Å². The Balaban J connectivity index is 1.55. The molecule has 5 rings (SSSR count). The summed E-state index contributed by atoms with van der Waals surface area (Å²) in [6.45, 7) is -0.323. The molecule has 2 aromatic heterocycles. The molecule has 33 heavy (non-hydrogen) atoms. The van der Waals surface area contributed by atoms with Gasteiger partial charge in [-0.25, -0.2) is 18.9 Å². The molecule has 0 bridgehead atoms. The monoisotopic (exact) mass is 436 g/mol. The highest BCUT2D eigenvalue weighted by Crippen LogP contribution is 2.25. The Hall–Kier alpha value is -4.97. The number of carbonyl (C=O) groups is 1. The summed E-state index contributed by atoms with van der Waals surface area (Å²) < 4.78 is 8.36. The fraction of sp³-hybridized carbons (Fsp3) is 0.0417. The molecular weight excluding hydrogens is 420 g/mol. The molecule has 9 nitrogen and oxygen atoms in total. The molecule has 5 aromatic rings. The fourth-order valence-corrected chi connectivity index (χ4v) is 3.45. The fourth-order valence-electron chi connectivity index (χ4n) is 3.45. The second-order valence-corrected chi connectivity index (χ2v) is 7.16. The molecule has 0 fully saturated rings. The van der Waals surface area contributed by atoms with Crippen LogP contribution in [0.2, 0.25) is 0 Å². The van der Waals surface area contributed by atoms with Gasteiger partial charge in [0, 0.05) is 5.69 Å². The summed E-state index contributed by atoms with van der Waals surface area (Å²) in [7, 11) is 0. The first-order valence-electron chi connectivity index (χ1n) is 10.0. The maximum absolute atomic E-state index is 13.2. The van der Waals surface area contributed by atoms with Crippen molar-refractivity contribution in [3.63, 3.8) is 0 Å². The van der Waals surface area contributed by atoms with Crippen LogP contribution in [0.15, 0.2) is 83.7 Å². The number of fused-ring (bicyclic) bond motifs is 3. The normalized spacial score (nSPS) is 10.8. The van der Waals surface area contributed by atoms with Crippen molar-refractivity contribution in [1.82, 2.24) is 19.2 Å². The van der Waals surface area contributed by atoms with Crippen LogP contribution in [0.1, 0.15) is 5.56 Å². The number of hydrogen-bond donors (Lipinski definition) is 1. The number of nitrogens with one attached hydrogen (secondary N) is 1. The summed E-state index contributed by atoms with van der Waals surface area (Å²) in [6, 6.07) is 24.7. The Morgan fingerprint density at radius 1 is 1.03 bits per heavy atom. The van der Waals surface area contributed by atoms with Gasteiger partial charge >= 0.3 is 5.69 Å². The second-order valence-electron chi connectivity index (χ2n) is 7.16. The van der Waals surface area contributed by atoms with Crippen molar-refractivity contribution >= 4 is 28.3 Å². The average Bonchev–Trinajstić information content (AvgIpc) is 3.16. The molecule has 0 aliphatic carbocycles. The minimum atomic E-state index is -0.498. The number of anilines is 1. The molecular formula is C24H16N6O3. The van der Waals surface area contributed by atoms with Crippen LogP contribution in [0.3, 0.4) is 0 Å². The van der Waals surface area contributed by atoms with Gasteiger partial charge in [0.2, 0.25) is 11.6 Å². The van der Waals surface area contributed by atoms with Crippen LogP contribution < -0.4 is 15.7 Å². The number of para-hydroxylation sites is 3. The third kappa shape index (κ3) is 3.88. The smallest absolute Gasteiger partial charge is 0.351 e. The van der Waals surface area contributed by atoms with E-state index in [0.29, 0.717) is 28.0 Å². The molecule has 0 aliphatic heterocycles. The third-order valence-electron chi connectivity index (χ3n) is 4.90. The molecule has 1 N–H and O–H groups in total. The summed E-state index contributed by atoms with van der Waals surface area (Å²) in [4.78, 5) is 30.3. The largest absolute Gasteiger partial charge is 0.436 e. The van der Waals surface area contributed by atoms with Gasteiger partial charge in [0.1, 0.15) is 12.3 Å². The van der Waals surface area contributed by atoms with Crippen molar-refractivity contribution in [3.8, 4) is 17.7 Å². The SMILES string of the molecule is N#Cc1cccc(NC(=O)Cn2nc3c(Oc4ccccc4)nc4ccccc4n3c2=O)c1. The minimum absolute atomic E-state index is 0.151. The summed E-state index contributed by atoms with van der Waals surface area (Å²) in [5.41, 5.74) is 1.67. The molecule has 0 saturated carbocycles. The summed E-state index contributed by atoms with van der Waals surface area (Å²) in [5.74, 6) is 0.232. The predicted molar refractivity (Wildman–Crippen MR) is 121 cm³/mol. The van der Waals surface area contributed by atoms with Gasteiger partial charge in [0.05, 0.1) is 22.7 Å². The lowest BCUT2D eigenvalue weighted by Crippen LogP contribution is -2.28. The number of amides is 1. The Morgan fingerprint density at radius 3 is 2.64 bits per heavy atom. The van der Waals surface area contributed by atoms with Crippen LogP contribution in [0.5, 0.6) is 11.6 Å². The number of rotatable bonds is 5. The topological polar surface area (TPSA) is 114 Å². The van der Waals surface area contributed by atoms with Gasteiger partial charge in [-0.1, -0.05) is 36.4 Å². The van der Waals surface area contributed by atoms with Gasteiger partial charge in [-0.15, -0.1) is 5.10 Å². The average molecular weight is 436 g/mol. The van der Waals surface area contributed by atoms with Gasteiger partial charge in [-0.2, -0.15) is 5.26 Å². The standard InChI is InChI=1S/C24H16N6O3/c25-14-16-7-6-8-17(13-16)26-21(31)15-29-24(32)30-20-12-5-4-11-19(20)27-23(22(30)28-29)33-18-9-2-1-3-10-18/h1-13H,15H2,(H,26,31). The van der Waals surface area contributed by atoms with Crippen molar-refractivity contribution < 1.29 is 9.53 Å². The van der Waals surface area contributed by atoms with Crippen molar-refractivity contribution in [1.29, 1.82) is 5.26 Å². The molecule has 0 aliphatic rings. The van der Waals surface area contributed by atoms with E-state index in [2.05, 4.69) is 15.4 Å². The Morgan fingerprint density at radius 2 is 1.82 bits per heavy atom. The molecule has 9 heteroatoms. The van der Waals surface area contributed by atoms with Crippen molar-refractivity contribution in [3.05, 3.63) is 94.9 Å². The van der Waals surface area contributed by atoms with E-state index in [-0.39, 0.29) is 18.1 Å². The highest BCUT2D eigenvalue weighted by atomic mass is 16.5. The number of benzene rings is 3. The van der Waals surface area contributed by atoms with Crippen molar-refractivity contribution in [2.75, 3.05) is 5.32 Å². The molecule has 1 amide bonds. The maximum atomic E-state index is 13.2. The Kier molecular flexibility index (Phi) is 5.01. The molecule has 2 heterocycles. The molecule has 3 aromatic carbocycles. The van der Waals surface area contributed by atoms with E-state index in [1.54, 1.807) is 54.6 Å². The number of aromatic nitrogens is 4. The quantitative estimate of drug-likeness (QED) is 0.452. The molecule has 0 spiro atoms. The maximum Gasteiger partial charge on any atom is 0.351 e. The molecule has 0 radical (unpaired) electrons. The molecule has 0 unspecified atom stereocenters. The van der Waals surface area contributed by atoms with Crippen molar-refractivity contribution in [2.45, 2.75) is 6.54 Å². The first-order chi connectivity index (χ1) is 16.1. The lowest BCUT2D eigenvalue weighted by molar-refractivity contribution is -0.117. The highest BCUT2D eigenvalue weighted by molar-refractivity contribution is 5.90. The zero-order chi connectivity index (χ0) is 22.8. The van der Waals surface area contributed by atoms with E-state index in [1.807, 2.05) is 30.3 Å². The number of ether oxygens (including phenoxy) is 1. The van der Waals surface area contributed by atoms with E-state index in [0.717, 1.165) is 4.68 Å². The van der Waals surface area contributed by atoms with Crippen LogP contribution in [0.4, 0.5) is 5.69 Å². The number of nitriles is 1. The highest BCUT2D eigenvalue weighted by Gasteiger charge is 2.19. The van der Waals surface area contributed by atoms with Gasteiger partial charge < -0.3 is 10.1 Å². The Labute approximate surface area is 187 Å². The molecule has 0 saturated heterocycles. The summed E-state index contributed by atoms with van der Waals surface area (Å²) >= 11 is 0. The number of nitrogens with zero attached hydrogens (tertiary/aromatic N) is 5. The van der Waals surface area contributed by atoms with Gasteiger partial charge in [0.25, 0.3) is 5.88 Å². The first kappa shape index (κ1) is 20.0. The minimum Gasteiger partial charge on any atom is -0.436 e. The van der Waals surface area contributed by atoms with Gasteiger partial charge in [-0.05, 0) is 42.5 Å². The Bertz CT molecular complexity index is 1600. The van der Waals surface area contributed by atoms with Crippen LogP contribution in [-0.2, 0) is 11.3 Å². The van der Waals surface area contributed by atoms with E-state index in [9.17, 15) is 9.59 Å². The third-order valence-corrected chi connectivity index (χ3v) is 4.90. The van der Waals surface area contributed by atoms with E-state index >= 15 is 0 Å².